The number of nitrogens with one attached hydrogen (secondary N) is 1. The summed E-state index contributed by atoms with van der Waals surface area (Å²) in [5.41, 5.74) is 0. The number of rotatable bonds is 47. The number of aliphatic hydroxyl groups excluding tert-OH is 5. The van der Waals surface area contributed by atoms with E-state index in [1.807, 2.05) is 12.2 Å². The predicted molar refractivity (Wildman–Crippen MR) is 287 cm³/mol. The van der Waals surface area contributed by atoms with Crippen LogP contribution in [0, 0.1) is 0 Å². The summed E-state index contributed by atoms with van der Waals surface area (Å²) in [6.45, 7) is 5.69. The molecule has 70 heavy (non-hydrogen) atoms. The summed E-state index contributed by atoms with van der Waals surface area (Å²) in [6, 6.07) is -1.06. The van der Waals surface area contributed by atoms with Crippen LogP contribution < -0.4 is 5.32 Å². The summed E-state index contributed by atoms with van der Waals surface area (Å²) >= 11 is 0. The number of amides is 1. The van der Waals surface area contributed by atoms with Crippen LogP contribution in [0.25, 0.3) is 0 Å². The Morgan fingerprint density at radius 3 is 1.49 bits per heavy atom. The average molecular weight is 988 g/mol. The zero-order valence-electron chi connectivity index (χ0n) is 44.6. The molecule has 1 heterocycles. The van der Waals surface area contributed by atoms with Crippen LogP contribution in [0.15, 0.2) is 60.8 Å². The maximum atomic E-state index is 13.3. The topological polar surface area (TPSA) is 175 Å². The Morgan fingerprint density at radius 2 is 0.986 bits per heavy atom. The van der Waals surface area contributed by atoms with Gasteiger partial charge in [0.05, 0.1) is 25.4 Å². The largest absolute Gasteiger partial charge is 0.454 e. The molecule has 0 aliphatic carbocycles. The molecule has 1 aliphatic rings. The van der Waals surface area contributed by atoms with Crippen LogP contribution in [0.5, 0.6) is 0 Å². The monoisotopic (exact) mass is 988 g/mol. The van der Waals surface area contributed by atoms with Gasteiger partial charge in [0.15, 0.2) is 12.4 Å². The molecule has 0 aromatic carbocycles. The van der Waals surface area contributed by atoms with Crippen LogP contribution >= 0.6 is 0 Å². The van der Waals surface area contributed by atoms with Crippen LogP contribution in [0.3, 0.4) is 0 Å². The zero-order chi connectivity index (χ0) is 51.1. The van der Waals surface area contributed by atoms with Crippen molar-refractivity contribution in [3.63, 3.8) is 0 Å². The third kappa shape index (κ3) is 35.5. The first-order valence-electron chi connectivity index (χ1n) is 28.6. The molecule has 1 fully saturated rings. The molecular weight excluding hydrogens is 883 g/mol. The van der Waals surface area contributed by atoms with E-state index in [1.54, 1.807) is 12.2 Å². The third-order valence-corrected chi connectivity index (χ3v) is 13.2. The van der Waals surface area contributed by atoms with Crippen LogP contribution in [-0.2, 0) is 23.8 Å². The van der Waals surface area contributed by atoms with Gasteiger partial charge in [0.2, 0.25) is 5.91 Å². The lowest BCUT2D eigenvalue weighted by Crippen LogP contribution is -2.61. The van der Waals surface area contributed by atoms with Crippen molar-refractivity contribution < 1.29 is 49.3 Å². The molecule has 0 radical (unpaired) electrons. The number of unbranched alkanes of at least 4 members (excludes halogenated alkanes) is 26. The lowest BCUT2D eigenvalue weighted by atomic mass is 9.99. The van der Waals surface area contributed by atoms with Crippen molar-refractivity contribution in [2.24, 2.45) is 0 Å². The van der Waals surface area contributed by atoms with Gasteiger partial charge < -0.3 is 45.1 Å². The molecule has 0 bridgehead atoms. The second-order valence-corrected chi connectivity index (χ2v) is 19.7. The Kier molecular flexibility index (Phi) is 44.2. The first-order chi connectivity index (χ1) is 34.2. The van der Waals surface area contributed by atoms with Gasteiger partial charge in [0.25, 0.3) is 0 Å². The molecule has 1 amide bonds. The van der Waals surface area contributed by atoms with E-state index >= 15 is 0 Å². The summed E-state index contributed by atoms with van der Waals surface area (Å²) in [4.78, 5) is 26.4. The fourth-order valence-corrected chi connectivity index (χ4v) is 8.55. The first-order valence-corrected chi connectivity index (χ1v) is 28.6. The highest BCUT2D eigenvalue weighted by atomic mass is 16.7. The molecule has 1 aliphatic heterocycles. The summed E-state index contributed by atoms with van der Waals surface area (Å²) < 4.78 is 17.5. The van der Waals surface area contributed by atoms with E-state index in [0.29, 0.717) is 12.8 Å². The highest BCUT2D eigenvalue weighted by Gasteiger charge is 2.47. The van der Waals surface area contributed by atoms with Gasteiger partial charge in [0.1, 0.15) is 24.4 Å². The van der Waals surface area contributed by atoms with E-state index in [0.717, 1.165) is 70.6 Å². The standard InChI is InChI=1S/C59H105NO10/c1-4-7-10-13-16-19-22-25-26-27-28-29-32-35-38-41-44-47-54(64)70-57-56(66)55(65)53(48-61)69-59(57)68-49-50(51(62)45-42-39-36-33-30-23-20-17-14-11-8-5-2)60-58(67)52(63)46-43-40-37-34-31-24-21-18-15-12-9-6-3/h16,19,25-26,31,34,40,42-43,45,50-53,55-57,59,61-63,65-66H,4-15,17-18,20-24,27-30,32-33,35-39,41,44,46-49H2,1-3H3,(H,60,67)/b19-16-,26-25-,34-31-,43-40+,45-42+. The van der Waals surface area contributed by atoms with E-state index in [2.05, 4.69) is 62.5 Å². The van der Waals surface area contributed by atoms with Gasteiger partial charge in [-0.3, -0.25) is 9.59 Å². The van der Waals surface area contributed by atoms with Crippen molar-refractivity contribution in [2.45, 2.75) is 288 Å². The molecule has 0 saturated carbocycles. The van der Waals surface area contributed by atoms with Gasteiger partial charge in [-0.05, 0) is 70.6 Å². The van der Waals surface area contributed by atoms with Gasteiger partial charge in [-0.1, -0.05) is 216 Å². The van der Waals surface area contributed by atoms with Gasteiger partial charge in [-0.15, -0.1) is 0 Å². The number of esters is 1. The fourth-order valence-electron chi connectivity index (χ4n) is 8.55. The van der Waals surface area contributed by atoms with E-state index < -0.39 is 67.4 Å². The van der Waals surface area contributed by atoms with Crippen molar-refractivity contribution in [2.75, 3.05) is 13.2 Å². The third-order valence-electron chi connectivity index (χ3n) is 13.2. The Balaban J connectivity index is 2.76. The Bertz CT molecular complexity index is 1370. The van der Waals surface area contributed by atoms with Gasteiger partial charge >= 0.3 is 5.97 Å². The SMILES string of the molecule is CCCCC/C=C\C/C=C\CCCCCCCCCC(=O)OC1C(OCC(NC(=O)C(O)C/C=C/C/C=C\CCCCCCCC)C(O)/C=C/CCCCCCCCCCCC)OC(CO)C(O)C1O. The smallest absolute Gasteiger partial charge is 0.306 e. The molecule has 1 rings (SSSR count). The number of ether oxygens (including phenoxy) is 3. The number of hydrogen-bond acceptors (Lipinski definition) is 10. The molecule has 8 unspecified atom stereocenters. The van der Waals surface area contributed by atoms with Crippen molar-refractivity contribution in [1.82, 2.24) is 5.32 Å². The number of carbonyl (C=O) groups is 2. The van der Waals surface area contributed by atoms with E-state index in [9.17, 15) is 35.1 Å². The lowest BCUT2D eigenvalue weighted by molar-refractivity contribution is -0.305. The van der Waals surface area contributed by atoms with Crippen molar-refractivity contribution in [3.8, 4) is 0 Å². The molecule has 0 aromatic rings. The number of carbonyl (C=O) groups excluding carboxylic acids is 2. The summed E-state index contributed by atoms with van der Waals surface area (Å²) in [6.07, 6.45) is 47.1. The molecular formula is C59H105NO10. The first kappa shape index (κ1) is 65.4. The Labute approximate surface area is 427 Å². The van der Waals surface area contributed by atoms with Crippen molar-refractivity contribution >= 4 is 11.9 Å². The van der Waals surface area contributed by atoms with Crippen LogP contribution in [0.2, 0.25) is 0 Å². The molecule has 8 atom stereocenters. The average Bonchev–Trinajstić information content (AvgIpc) is 3.36. The Hall–Kier alpha value is -2.64. The van der Waals surface area contributed by atoms with Crippen LogP contribution in [0.1, 0.15) is 239 Å². The van der Waals surface area contributed by atoms with E-state index in [4.69, 9.17) is 14.2 Å². The van der Waals surface area contributed by atoms with Gasteiger partial charge in [-0.2, -0.15) is 0 Å². The van der Waals surface area contributed by atoms with Gasteiger partial charge in [-0.25, -0.2) is 0 Å². The molecule has 11 nitrogen and oxygen atoms in total. The zero-order valence-corrected chi connectivity index (χ0v) is 44.6. The molecule has 11 heteroatoms. The lowest BCUT2D eigenvalue weighted by Gasteiger charge is -2.41. The summed E-state index contributed by atoms with van der Waals surface area (Å²) in [7, 11) is 0. The minimum absolute atomic E-state index is 0.0803. The van der Waals surface area contributed by atoms with Crippen LogP contribution in [-0.4, -0.2) is 99.6 Å². The summed E-state index contributed by atoms with van der Waals surface area (Å²) in [5.74, 6) is -1.28. The summed E-state index contributed by atoms with van der Waals surface area (Å²) in [5, 5.41) is 56.6. The quantitative estimate of drug-likeness (QED) is 0.0196. The van der Waals surface area contributed by atoms with E-state index in [-0.39, 0.29) is 19.4 Å². The molecule has 6 N–H and O–H groups in total. The number of aliphatic hydroxyl groups is 5. The maximum Gasteiger partial charge on any atom is 0.306 e. The van der Waals surface area contributed by atoms with Crippen molar-refractivity contribution in [1.29, 1.82) is 0 Å². The molecule has 1 saturated heterocycles. The molecule has 0 spiro atoms. The highest BCUT2D eigenvalue weighted by Crippen LogP contribution is 2.26. The Morgan fingerprint density at radius 1 is 0.557 bits per heavy atom. The minimum Gasteiger partial charge on any atom is -0.454 e. The number of allylic oxidation sites excluding steroid dienone is 8. The van der Waals surface area contributed by atoms with Crippen molar-refractivity contribution in [3.05, 3.63) is 60.8 Å². The maximum absolute atomic E-state index is 13.3. The predicted octanol–water partition coefficient (Wildman–Crippen LogP) is 12.7. The fraction of sp³-hybridized carbons (Fsp3) is 0.797. The minimum atomic E-state index is -1.63. The second kappa shape index (κ2) is 47.4. The second-order valence-electron chi connectivity index (χ2n) is 19.7. The molecule has 406 valence electrons. The normalized spacial score (nSPS) is 20.1. The van der Waals surface area contributed by atoms with Crippen LogP contribution in [0.4, 0.5) is 0 Å². The highest BCUT2D eigenvalue weighted by molar-refractivity contribution is 5.81. The number of hydrogen-bond donors (Lipinski definition) is 6. The van der Waals surface area contributed by atoms with E-state index in [1.165, 1.54) is 122 Å². The molecule has 0 aromatic heterocycles. The van der Waals surface area contributed by atoms with Gasteiger partial charge in [0, 0.05) is 12.8 Å².